The highest BCUT2D eigenvalue weighted by atomic mass is 16.4. The molecule has 0 aliphatic heterocycles. The van der Waals surface area contributed by atoms with E-state index in [1.165, 1.54) is 0 Å². The van der Waals surface area contributed by atoms with Crippen molar-refractivity contribution in [3.05, 3.63) is 41.9 Å². The highest BCUT2D eigenvalue weighted by Gasteiger charge is 2.28. The van der Waals surface area contributed by atoms with Crippen LogP contribution in [0.15, 0.2) is 28.9 Å². The van der Waals surface area contributed by atoms with Gasteiger partial charge in [0.1, 0.15) is 22.9 Å². The van der Waals surface area contributed by atoms with Gasteiger partial charge >= 0.3 is 6.03 Å². The van der Waals surface area contributed by atoms with Crippen molar-refractivity contribution in [3.63, 3.8) is 0 Å². The number of carbonyl (C=O) groups is 1. The van der Waals surface area contributed by atoms with Gasteiger partial charge in [0.15, 0.2) is 0 Å². The molecule has 0 bridgehead atoms. The van der Waals surface area contributed by atoms with Crippen molar-refractivity contribution < 1.29 is 14.3 Å². The molecule has 0 spiro atoms. The maximum atomic E-state index is 11.9. The van der Waals surface area contributed by atoms with Gasteiger partial charge in [-0.3, -0.25) is 0 Å². The van der Waals surface area contributed by atoms with E-state index in [2.05, 4.69) is 20.6 Å². The predicted octanol–water partition coefficient (Wildman–Crippen LogP) is 2.28. The van der Waals surface area contributed by atoms with Crippen molar-refractivity contribution >= 4 is 11.7 Å². The Morgan fingerprint density at radius 3 is 2.65 bits per heavy atom. The largest absolute Gasteiger partial charge is 0.463 e. The average Bonchev–Trinajstić information content (AvgIpc) is 3.27. The van der Waals surface area contributed by atoms with Crippen LogP contribution in [0.25, 0.3) is 0 Å². The first-order valence-corrected chi connectivity index (χ1v) is 7.60. The van der Waals surface area contributed by atoms with Crippen LogP contribution in [0.4, 0.5) is 10.5 Å². The minimum absolute atomic E-state index is 0.0206. The zero-order chi connectivity index (χ0) is 16.4. The van der Waals surface area contributed by atoms with Crippen molar-refractivity contribution in [2.24, 2.45) is 0 Å². The smallest absolute Gasteiger partial charge is 0.319 e. The number of amides is 2. The number of furan rings is 1. The molecular formula is C16H20N4O3. The van der Waals surface area contributed by atoms with Gasteiger partial charge in [0.2, 0.25) is 0 Å². The minimum atomic E-state index is -1.28. The normalized spacial score (nSPS) is 16.7. The van der Waals surface area contributed by atoms with Gasteiger partial charge in [-0.05, 0) is 38.8 Å². The molecule has 1 atom stereocenters. The van der Waals surface area contributed by atoms with Gasteiger partial charge in [-0.15, -0.1) is 0 Å². The van der Waals surface area contributed by atoms with Gasteiger partial charge in [-0.2, -0.15) is 0 Å². The molecule has 3 N–H and O–H groups in total. The van der Waals surface area contributed by atoms with Crippen LogP contribution in [-0.2, 0) is 5.60 Å². The summed E-state index contributed by atoms with van der Waals surface area (Å²) in [4.78, 5) is 20.4. The number of hydrogen-bond donors (Lipinski definition) is 3. The molecule has 1 fully saturated rings. The van der Waals surface area contributed by atoms with Crippen molar-refractivity contribution in [1.29, 1.82) is 0 Å². The van der Waals surface area contributed by atoms with Crippen molar-refractivity contribution in [1.82, 2.24) is 15.3 Å². The first-order chi connectivity index (χ1) is 10.9. The van der Waals surface area contributed by atoms with Gasteiger partial charge < -0.3 is 20.2 Å². The summed E-state index contributed by atoms with van der Waals surface area (Å²) < 4.78 is 5.40. The third-order valence-corrected chi connectivity index (χ3v) is 3.74. The number of urea groups is 1. The fraction of sp³-hybridized carbons (Fsp3) is 0.438. The molecule has 2 heterocycles. The molecule has 122 valence electrons. The topological polar surface area (TPSA) is 100 Å². The Kier molecular flexibility index (Phi) is 4.04. The van der Waals surface area contributed by atoms with E-state index in [1.54, 1.807) is 38.4 Å². The standard InChI is InChI=1S/C16H20N4O3/c1-10-3-6-13(23-10)16(2,22)9-19-15(21)20-12-7-17-14(18-8-12)11-4-5-11/h3,6-8,11,22H,4-5,9H2,1-2H3,(H2,19,20,21). The number of nitrogens with one attached hydrogen (secondary N) is 2. The number of rotatable bonds is 5. The van der Waals surface area contributed by atoms with Crippen LogP contribution in [0.2, 0.25) is 0 Å². The first kappa shape index (κ1) is 15.5. The number of aryl methyl sites for hydroxylation is 1. The number of aliphatic hydroxyl groups is 1. The van der Waals surface area contributed by atoms with Crippen LogP contribution < -0.4 is 10.6 Å². The van der Waals surface area contributed by atoms with Gasteiger partial charge in [-0.1, -0.05) is 0 Å². The molecule has 7 nitrogen and oxygen atoms in total. The second-order valence-corrected chi connectivity index (χ2v) is 6.10. The second kappa shape index (κ2) is 6.00. The summed E-state index contributed by atoms with van der Waals surface area (Å²) in [6, 6.07) is 3.03. The summed E-state index contributed by atoms with van der Waals surface area (Å²) in [5.74, 6) is 2.42. The molecule has 3 rings (SSSR count). The molecule has 2 aromatic rings. The molecule has 1 saturated carbocycles. The zero-order valence-electron chi connectivity index (χ0n) is 13.2. The van der Waals surface area contributed by atoms with Crippen LogP contribution >= 0.6 is 0 Å². The summed E-state index contributed by atoms with van der Waals surface area (Å²) in [7, 11) is 0. The SMILES string of the molecule is Cc1ccc(C(C)(O)CNC(=O)Nc2cnc(C3CC3)nc2)o1. The van der Waals surface area contributed by atoms with Crippen LogP contribution in [0.5, 0.6) is 0 Å². The summed E-state index contributed by atoms with van der Waals surface area (Å²) in [5.41, 5.74) is -0.766. The number of carbonyl (C=O) groups excluding carboxylic acids is 1. The summed E-state index contributed by atoms with van der Waals surface area (Å²) in [6.07, 6.45) is 5.45. The fourth-order valence-electron chi connectivity index (χ4n) is 2.19. The third kappa shape index (κ3) is 3.87. The van der Waals surface area contributed by atoms with E-state index in [0.717, 1.165) is 18.7 Å². The van der Waals surface area contributed by atoms with E-state index in [-0.39, 0.29) is 6.54 Å². The number of hydrogen-bond acceptors (Lipinski definition) is 5. The molecule has 1 aliphatic rings. The number of nitrogens with zero attached hydrogens (tertiary/aromatic N) is 2. The second-order valence-electron chi connectivity index (χ2n) is 6.10. The van der Waals surface area contributed by atoms with Crippen LogP contribution in [0.3, 0.4) is 0 Å². The Labute approximate surface area is 134 Å². The van der Waals surface area contributed by atoms with Crippen molar-refractivity contribution in [2.45, 2.75) is 38.2 Å². The molecule has 0 radical (unpaired) electrons. The van der Waals surface area contributed by atoms with E-state index in [9.17, 15) is 9.90 Å². The lowest BCUT2D eigenvalue weighted by atomic mass is 10.0. The first-order valence-electron chi connectivity index (χ1n) is 7.60. The highest BCUT2D eigenvalue weighted by molar-refractivity contribution is 5.88. The Bertz CT molecular complexity index is 690. The summed E-state index contributed by atoms with van der Waals surface area (Å²) >= 11 is 0. The monoisotopic (exact) mass is 316 g/mol. The highest BCUT2D eigenvalue weighted by Crippen LogP contribution is 2.37. The molecule has 7 heteroatoms. The van der Waals surface area contributed by atoms with E-state index in [1.807, 2.05) is 0 Å². The molecule has 0 saturated heterocycles. The third-order valence-electron chi connectivity index (χ3n) is 3.74. The van der Waals surface area contributed by atoms with Crippen LogP contribution in [0, 0.1) is 6.92 Å². The zero-order valence-corrected chi connectivity index (χ0v) is 13.2. The lowest BCUT2D eigenvalue weighted by Crippen LogP contribution is -2.40. The predicted molar refractivity (Wildman–Crippen MR) is 84.0 cm³/mol. The summed E-state index contributed by atoms with van der Waals surface area (Å²) in [5, 5.41) is 15.6. The number of aromatic nitrogens is 2. The van der Waals surface area contributed by atoms with E-state index < -0.39 is 11.6 Å². The maximum absolute atomic E-state index is 11.9. The van der Waals surface area contributed by atoms with Gasteiger partial charge in [0, 0.05) is 5.92 Å². The maximum Gasteiger partial charge on any atom is 0.319 e. The van der Waals surface area contributed by atoms with Gasteiger partial charge in [-0.25, -0.2) is 14.8 Å². The van der Waals surface area contributed by atoms with Crippen molar-refractivity contribution in [2.75, 3.05) is 11.9 Å². The van der Waals surface area contributed by atoms with Gasteiger partial charge in [0.05, 0.1) is 24.6 Å². The minimum Gasteiger partial charge on any atom is -0.463 e. The van der Waals surface area contributed by atoms with Crippen LogP contribution in [-0.4, -0.2) is 27.7 Å². The molecule has 1 unspecified atom stereocenters. The quantitative estimate of drug-likeness (QED) is 0.786. The Morgan fingerprint density at radius 2 is 2.09 bits per heavy atom. The number of anilines is 1. The molecule has 1 aliphatic carbocycles. The summed E-state index contributed by atoms with van der Waals surface area (Å²) in [6.45, 7) is 3.40. The van der Waals surface area contributed by atoms with Gasteiger partial charge in [0.25, 0.3) is 0 Å². The molecule has 2 aromatic heterocycles. The van der Waals surface area contributed by atoms with Crippen LogP contribution in [0.1, 0.15) is 43.0 Å². The van der Waals surface area contributed by atoms with E-state index in [4.69, 9.17) is 4.42 Å². The molecule has 2 amide bonds. The molecular weight excluding hydrogens is 296 g/mol. The van der Waals surface area contributed by atoms with E-state index in [0.29, 0.717) is 23.1 Å². The average molecular weight is 316 g/mol. The van der Waals surface area contributed by atoms with E-state index >= 15 is 0 Å². The molecule has 23 heavy (non-hydrogen) atoms. The Morgan fingerprint density at radius 1 is 1.39 bits per heavy atom. The lowest BCUT2D eigenvalue weighted by Gasteiger charge is -2.21. The van der Waals surface area contributed by atoms with Crippen molar-refractivity contribution in [3.8, 4) is 0 Å². The Hall–Kier alpha value is -2.41. The molecule has 0 aromatic carbocycles. The lowest BCUT2D eigenvalue weighted by molar-refractivity contribution is 0.0364. The fourth-order valence-corrected chi connectivity index (χ4v) is 2.19. The Balaban J connectivity index is 1.52.